The second-order valence-corrected chi connectivity index (χ2v) is 10.6. The van der Waals surface area contributed by atoms with E-state index >= 15 is 0 Å². The van der Waals surface area contributed by atoms with E-state index in [1.54, 1.807) is 6.20 Å². The van der Waals surface area contributed by atoms with Gasteiger partial charge in [-0.25, -0.2) is 4.52 Å². The number of aryl methyl sites for hydroxylation is 2. The van der Waals surface area contributed by atoms with Gasteiger partial charge in [0, 0.05) is 62.9 Å². The third kappa shape index (κ3) is 4.69. The molecule has 2 aliphatic rings. The number of amides is 1. The van der Waals surface area contributed by atoms with Crippen LogP contribution >= 0.6 is 0 Å². The topological polar surface area (TPSA) is 119 Å². The van der Waals surface area contributed by atoms with E-state index in [0.717, 1.165) is 71.8 Å². The van der Waals surface area contributed by atoms with E-state index in [9.17, 15) is 4.79 Å². The molecule has 0 bridgehead atoms. The van der Waals surface area contributed by atoms with Gasteiger partial charge in [0.2, 0.25) is 0 Å². The Balaban J connectivity index is 1.12. The van der Waals surface area contributed by atoms with Crippen molar-refractivity contribution in [1.82, 2.24) is 44.4 Å². The van der Waals surface area contributed by atoms with Gasteiger partial charge in [-0.2, -0.15) is 15.3 Å². The van der Waals surface area contributed by atoms with E-state index in [4.69, 9.17) is 9.84 Å². The van der Waals surface area contributed by atoms with Crippen molar-refractivity contribution >= 4 is 33.8 Å². The molecule has 1 saturated heterocycles. The number of rotatable bonds is 8. The van der Waals surface area contributed by atoms with Crippen LogP contribution in [0.15, 0.2) is 43.1 Å². The van der Waals surface area contributed by atoms with Crippen LogP contribution in [0.4, 0.5) is 11.5 Å². The molecule has 1 saturated carbocycles. The standard InChI is InChI=1S/C28H32N10O2/c1-18-24(11-19(13-30-18)28(39)29-5-6-36-7-9-40-10-8-36)33-27-23-15-32-38-16-20(12-25(38)26(23)35(2)34-27)21-14-31-37(17-21)22-3-4-22/h11-17,22H,3-10H2,1-2H3,(H,29,39)(H,33,34). The van der Waals surface area contributed by atoms with Crippen molar-refractivity contribution in [2.75, 3.05) is 44.7 Å². The van der Waals surface area contributed by atoms with Crippen LogP contribution in [0.1, 0.15) is 34.9 Å². The number of hydrogen-bond donors (Lipinski definition) is 2. The van der Waals surface area contributed by atoms with E-state index in [1.165, 1.54) is 12.8 Å². The van der Waals surface area contributed by atoms with Gasteiger partial charge in [0.05, 0.1) is 65.0 Å². The van der Waals surface area contributed by atoms with Crippen molar-refractivity contribution in [3.05, 3.63) is 54.4 Å². The fraction of sp³-hybridized carbons (Fsp3) is 0.393. The van der Waals surface area contributed by atoms with Crippen molar-refractivity contribution in [3.63, 3.8) is 0 Å². The quantitative estimate of drug-likeness (QED) is 0.308. The summed E-state index contributed by atoms with van der Waals surface area (Å²) in [4.78, 5) is 19.6. The lowest BCUT2D eigenvalue weighted by Crippen LogP contribution is -2.41. The van der Waals surface area contributed by atoms with Crippen molar-refractivity contribution in [1.29, 1.82) is 0 Å². The monoisotopic (exact) mass is 540 g/mol. The summed E-state index contributed by atoms with van der Waals surface area (Å²) in [6.07, 6.45) is 11.9. The molecule has 2 N–H and O–H groups in total. The Morgan fingerprint density at radius 2 is 1.93 bits per heavy atom. The Bertz CT molecular complexity index is 1710. The molecular formula is C28H32N10O2. The number of hydrogen-bond acceptors (Lipinski definition) is 8. The summed E-state index contributed by atoms with van der Waals surface area (Å²) in [5, 5.41) is 21.3. The summed E-state index contributed by atoms with van der Waals surface area (Å²) < 4.78 is 11.2. The molecule has 12 nitrogen and oxygen atoms in total. The Kier molecular flexibility index (Phi) is 6.20. The molecule has 1 amide bonds. The van der Waals surface area contributed by atoms with E-state index in [1.807, 2.05) is 47.8 Å². The van der Waals surface area contributed by atoms with Gasteiger partial charge in [-0.05, 0) is 31.9 Å². The Morgan fingerprint density at radius 3 is 2.75 bits per heavy atom. The molecule has 0 atom stereocenters. The maximum atomic E-state index is 12.9. The first-order valence-corrected chi connectivity index (χ1v) is 13.7. The van der Waals surface area contributed by atoms with Gasteiger partial charge in [-0.3, -0.25) is 24.0 Å². The molecule has 12 heteroatoms. The molecule has 1 aliphatic heterocycles. The number of aromatic nitrogens is 7. The molecule has 5 aromatic heterocycles. The van der Waals surface area contributed by atoms with Crippen molar-refractivity contribution in [2.45, 2.75) is 25.8 Å². The Morgan fingerprint density at radius 1 is 1.07 bits per heavy atom. The molecule has 206 valence electrons. The van der Waals surface area contributed by atoms with Crippen molar-refractivity contribution < 1.29 is 9.53 Å². The van der Waals surface area contributed by atoms with E-state index in [0.29, 0.717) is 24.0 Å². The summed E-state index contributed by atoms with van der Waals surface area (Å²) in [5.41, 5.74) is 6.06. The first kappa shape index (κ1) is 24.7. The molecule has 2 fully saturated rings. The van der Waals surface area contributed by atoms with Crippen LogP contribution in [0.25, 0.3) is 27.5 Å². The van der Waals surface area contributed by atoms with Gasteiger partial charge < -0.3 is 15.4 Å². The van der Waals surface area contributed by atoms with E-state index < -0.39 is 0 Å². The van der Waals surface area contributed by atoms with Crippen LogP contribution in [0.2, 0.25) is 0 Å². The predicted octanol–water partition coefficient (Wildman–Crippen LogP) is 2.93. The molecule has 1 aliphatic carbocycles. The highest BCUT2D eigenvalue weighted by Gasteiger charge is 2.25. The number of carbonyl (C=O) groups excluding carboxylic acids is 1. The summed E-state index contributed by atoms with van der Waals surface area (Å²) in [7, 11) is 1.93. The molecular weight excluding hydrogens is 508 g/mol. The van der Waals surface area contributed by atoms with Gasteiger partial charge in [0.25, 0.3) is 5.91 Å². The lowest BCUT2D eigenvalue weighted by atomic mass is 10.2. The van der Waals surface area contributed by atoms with Crippen molar-refractivity contribution in [2.24, 2.45) is 7.05 Å². The SMILES string of the molecule is Cc1ncc(C(=O)NCCN2CCOCC2)cc1Nc1nn(C)c2c1cnn1cc(-c3cnn(C4CC4)c3)cc21. The van der Waals surface area contributed by atoms with Gasteiger partial charge >= 0.3 is 0 Å². The maximum absolute atomic E-state index is 12.9. The summed E-state index contributed by atoms with van der Waals surface area (Å²) >= 11 is 0. The van der Waals surface area contributed by atoms with Crippen LogP contribution < -0.4 is 10.6 Å². The van der Waals surface area contributed by atoms with Crippen LogP contribution in [-0.2, 0) is 11.8 Å². The second-order valence-electron chi connectivity index (χ2n) is 10.6. The number of nitrogens with one attached hydrogen (secondary N) is 2. The number of carbonyl (C=O) groups is 1. The second kappa shape index (κ2) is 10.0. The van der Waals surface area contributed by atoms with Crippen LogP contribution in [-0.4, -0.2) is 84.4 Å². The average molecular weight is 541 g/mol. The summed E-state index contributed by atoms with van der Waals surface area (Å²) in [6, 6.07) is 4.49. The molecule has 40 heavy (non-hydrogen) atoms. The van der Waals surface area contributed by atoms with Crippen LogP contribution in [0, 0.1) is 6.92 Å². The van der Waals surface area contributed by atoms with E-state index in [2.05, 4.69) is 47.7 Å². The van der Waals surface area contributed by atoms with Crippen molar-refractivity contribution in [3.8, 4) is 11.1 Å². The highest BCUT2D eigenvalue weighted by Crippen LogP contribution is 2.36. The lowest BCUT2D eigenvalue weighted by molar-refractivity contribution is 0.0383. The number of fused-ring (bicyclic) bond motifs is 3. The number of morpholine rings is 1. The molecule has 7 rings (SSSR count). The van der Waals surface area contributed by atoms with Gasteiger partial charge in [-0.15, -0.1) is 0 Å². The molecule has 0 radical (unpaired) electrons. The molecule has 5 aromatic rings. The number of ether oxygens (including phenoxy) is 1. The minimum absolute atomic E-state index is 0.149. The zero-order valence-electron chi connectivity index (χ0n) is 22.7. The minimum Gasteiger partial charge on any atom is -0.379 e. The average Bonchev–Trinajstić information content (AvgIpc) is 3.38. The maximum Gasteiger partial charge on any atom is 0.252 e. The summed E-state index contributed by atoms with van der Waals surface area (Å²) in [6.45, 7) is 6.55. The fourth-order valence-electron chi connectivity index (χ4n) is 5.25. The first-order valence-electron chi connectivity index (χ1n) is 13.7. The number of anilines is 2. The predicted molar refractivity (Wildman–Crippen MR) is 151 cm³/mol. The zero-order chi connectivity index (χ0) is 27.2. The molecule has 0 unspecified atom stereocenters. The third-order valence-corrected chi connectivity index (χ3v) is 7.71. The number of pyridine rings is 1. The molecule has 6 heterocycles. The minimum atomic E-state index is -0.149. The zero-order valence-corrected chi connectivity index (χ0v) is 22.7. The first-order chi connectivity index (χ1) is 19.5. The summed E-state index contributed by atoms with van der Waals surface area (Å²) in [5.74, 6) is 0.510. The molecule has 0 aromatic carbocycles. The number of nitrogens with zero attached hydrogens (tertiary/aromatic N) is 8. The van der Waals surface area contributed by atoms with Crippen LogP contribution in [0.3, 0.4) is 0 Å². The highest BCUT2D eigenvalue weighted by atomic mass is 16.5. The highest BCUT2D eigenvalue weighted by molar-refractivity contribution is 6.01. The lowest BCUT2D eigenvalue weighted by Gasteiger charge is -2.26. The fourth-order valence-corrected chi connectivity index (χ4v) is 5.25. The molecule has 0 spiro atoms. The Hall–Kier alpha value is -4.29. The van der Waals surface area contributed by atoms with Crippen LogP contribution in [0.5, 0.6) is 0 Å². The van der Waals surface area contributed by atoms with Gasteiger partial charge in [0.15, 0.2) is 5.82 Å². The Labute approximate surface area is 230 Å². The normalized spacial score (nSPS) is 16.1. The third-order valence-electron chi connectivity index (χ3n) is 7.71. The van der Waals surface area contributed by atoms with E-state index in [-0.39, 0.29) is 5.91 Å². The largest absolute Gasteiger partial charge is 0.379 e. The smallest absolute Gasteiger partial charge is 0.252 e. The van der Waals surface area contributed by atoms with Gasteiger partial charge in [-0.1, -0.05) is 0 Å². The van der Waals surface area contributed by atoms with Gasteiger partial charge in [0.1, 0.15) is 0 Å².